The molecule has 3 rings (SSSR count). The lowest BCUT2D eigenvalue weighted by atomic mass is 10.0. The monoisotopic (exact) mass is 237 g/mol. The third kappa shape index (κ3) is 2.67. The highest BCUT2D eigenvalue weighted by Crippen LogP contribution is 2.24. The number of hydrogen-bond acceptors (Lipinski definition) is 3. The van der Waals surface area contributed by atoms with Crippen LogP contribution in [-0.2, 0) is 0 Å². The first kappa shape index (κ1) is 11.9. The standard InChI is InChI=1S/C14H27N3/c1-12-4-5-13(10-15-12)17-9-6-14(11-17)16-7-2-3-8-16/h12-15H,2-11H2,1H3. The van der Waals surface area contributed by atoms with Gasteiger partial charge in [-0.05, 0) is 52.1 Å². The number of piperidine rings is 1. The van der Waals surface area contributed by atoms with Crippen LogP contribution in [0.2, 0.25) is 0 Å². The Morgan fingerprint density at radius 1 is 0.882 bits per heavy atom. The van der Waals surface area contributed by atoms with Crippen LogP contribution in [0.25, 0.3) is 0 Å². The summed E-state index contributed by atoms with van der Waals surface area (Å²) in [6.45, 7) is 8.92. The van der Waals surface area contributed by atoms with Gasteiger partial charge in [-0.15, -0.1) is 0 Å². The second kappa shape index (κ2) is 5.25. The number of likely N-dealkylation sites (tertiary alicyclic amines) is 2. The Balaban J connectivity index is 1.49. The average molecular weight is 237 g/mol. The van der Waals surface area contributed by atoms with Crippen LogP contribution in [0.1, 0.15) is 39.0 Å². The van der Waals surface area contributed by atoms with Gasteiger partial charge in [0.25, 0.3) is 0 Å². The summed E-state index contributed by atoms with van der Waals surface area (Å²) in [7, 11) is 0. The molecule has 3 fully saturated rings. The minimum Gasteiger partial charge on any atom is -0.313 e. The summed E-state index contributed by atoms with van der Waals surface area (Å²) in [4.78, 5) is 5.49. The molecule has 0 radical (unpaired) electrons. The quantitative estimate of drug-likeness (QED) is 0.781. The van der Waals surface area contributed by atoms with Gasteiger partial charge in [0.05, 0.1) is 0 Å². The van der Waals surface area contributed by atoms with Crippen LogP contribution in [0.5, 0.6) is 0 Å². The Kier molecular flexibility index (Phi) is 3.69. The summed E-state index contributed by atoms with van der Waals surface area (Å²) in [6, 6.07) is 2.43. The molecule has 1 N–H and O–H groups in total. The molecule has 3 unspecified atom stereocenters. The number of hydrogen-bond donors (Lipinski definition) is 1. The minimum absolute atomic E-state index is 0.739. The zero-order valence-electron chi connectivity index (χ0n) is 11.2. The molecular formula is C14H27N3. The smallest absolute Gasteiger partial charge is 0.0235 e. The minimum atomic E-state index is 0.739. The summed E-state index contributed by atoms with van der Waals surface area (Å²) in [5.41, 5.74) is 0. The van der Waals surface area contributed by atoms with Gasteiger partial charge in [-0.1, -0.05) is 0 Å². The van der Waals surface area contributed by atoms with E-state index in [0.29, 0.717) is 0 Å². The van der Waals surface area contributed by atoms with Gasteiger partial charge < -0.3 is 5.32 Å². The van der Waals surface area contributed by atoms with E-state index in [0.717, 1.165) is 18.1 Å². The van der Waals surface area contributed by atoms with E-state index in [4.69, 9.17) is 0 Å². The first-order chi connectivity index (χ1) is 8.33. The van der Waals surface area contributed by atoms with Crippen LogP contribution in [0, 0.1) is 0 Å². The second-order valence-corrected chi connectivity index (χ2v) is 6.22. The predicted molar refractivity (Wildman–Crippen MR) is 71.3 cm³/mol. The van der Waals surface area contributed by atoms with E-state index >= 15 is 0 Å². The fourth-order valence-electron chi connectivity index (χ4n) is 3.80. The molecule has 3 heterocycles. The maximum Gasteiger partial charge on any atom is 0.0235 e. The zero-order valence-corrected chi connectivity index (χ0v) is 11.2. The molecule has 0 aromatic carbocycles. The van der Waals surface area contributed by atoms with Gasteiger partial charge in [-0.2, -0.15) is 0 Å². The fraction of sp³-hybridized carbons (Fsp3) is 1.00. The molecule has 3 heteroatoms. The number of rotatable bonds is 2. The molecular weight excluding hydrogens is 210 g/mol. The lowest BCUT2D eigenvalue weighted by molar-refractivity contribution is 0.166. The van der Waals surface area contributed by atoms with E-state index in [1.54, 1.807) is 0 Å². The van der Waals surface area contributed by atoms with Crippen molar-refractivity contribution in [2.45, 2.75) is 57.2 Å². The SMILES string of the molecule is CC1CCC(N2CCC(N3CCCC3)C2)CN1. The molecule has 0 aliphatic carbocycles. The third-order valence-corrected chi connectivity index (χ3v) is 5.00. The Labute approximate surface area is 106 Å². The van der Waals surface area contributed by atoms with Crippen molar-refractivity contribution < 1.29 is 0 Å². The number of nitrogens with zero attached hydrogens (tertiary/aromatic N) is 2. The fourth-order valence-corrected chi connectivity index (χ4v) is 3.80. The molecule has 98 valence electrons. The molecule has 0 saturated carbocycles. The van der Waals surface area contributed by atoms with Crippen LogP contribution in [-0.4, -0.2) is 60.6 Å². The Bertz CT molecular complexity index is 242. The van der Waals surface area contributed by atoms with Gasteiger partial charge in [-0.3, -0.25) is 9.80 Å². The van der Waals surface area contributed by atoms with Crippen molar-refractivity contribution in [3.8, 4) is 0 Å². The van der Waals surface area contributed by atoms with Gasteiger partial charge in [0.1, 0.15) is 0 Å². The van der Waals surface area contributed by atoms with E-state index in [2.05, 4.69) is 22.0 Å². The topological polar surface area (TPSA) is 18.5 Å². The predicted octanol–water partition coefficient (Wildman–Crippen LogP) is 1.30. The van der Waals surface area contributed by atoms with Crippen molar-refractivity contribution in [1.29, 1.82) is 0 Å². The molecule has 0 spiro atoms. The summed E-state index contributed by atoms with van der Waals surface area (Å²) >= 11 is 0. The van der Waals surface area contributed by atoms with Crippen molar-refractivity contribution in [2.75, 3.05) is 32.7 Å². The lowest BCUT2D eigenvalue weighted by Crippen LogP contribution is -2.49. The Morgan fingerprint density at radius 3 is 2.41 bits per heavy atom. The molecule has 3 atom stereocenters. The average Bonchev–Trinajstić information content (AvgIpc) is 3.00. The molecule has 3 aliphatic heterocycles. The first-order valence-electron chi connectivity index (χ1n) is 7.54. The Morgan fingerprint density at radius 2 is 1.71 bits per heavy atom. The number of nitrogens with one attached hydrogen (secondary N) is 1. The van der Waals surface area contributed by atoms with Gasteiger partial charge in [0, 0.05) is 37.8 Å². The van der Waals surface area contributed by atoms with Crippen molar-refractivity contribution in [2.24, 2.45) is 0 Å². The molecule has 0 aromatic rings. The van der Waals surface area contributed by atoms with Crippen LogP contribution in [0.4, 0.5) is 0 Å². The normalized spacial score (nSPS) is 41.1. The van der Waals surface area contributed by atoms with E-state index in [1.165, 1.54) is 64.8 Å². The highest BCUT2D eigenvalue weighted by atomic mass is 15.3. The van der Waals surface area contributed by atoms with Crippen LogP contribution < -0.4 is 5.32 Å². The summed E-state index contributed by atoms with van der Waals surface area (Å²) in [6.07, 6.45) is 7.03. The molecule has 0 amide bonds. The molecule has 3 aliphatic rings. The van der Waals surface area contributed by atoms with Gasteiger partial charge >= 0.3 is 0 Å². The summed E-state index contributed by atoms with van der Waals surface area (Å²) in [5.74, 6) is 0. The Hall–Kier alpha value is -0.120. The van der Waals surface area contributed by atoms with Crippen LogP contribution >= 0.6 is 0 Å². The van der Waals surface area contributed by atoms with Crippen LogP contribution in [0.3, 0.4) is 0 Å². The zero-order chi connectivity index (χ0) is 11.7. The van der Waals surface area contributed by atoms with E-state index < -0.39 is 0 Å². The maximum absolute atomic E-state index is 3.64. The van der Waals surface area contributed by atoms with E-state index in [1.807, 2.05) is 0 Å². The lowest BCUT2D eigenvalue weighted by Gasteiger charge is -2.35. The van der Waals surface area contributed by atoms with E-state index in [9.17, 15) is 0 Å². The molecule has 0 aromatic heterocycles. The third-order valence-electron chi connectivity index (χ3n) is 5.00. The highest BCUT2D eigenvalue weighted by Gasteiger charge is 2.33. The van der Waals surface area contributed by atoms with Crippen molar-refractivity contribution in [1.82, 2.24) is 15.1 Å². The van der Waals surface area contributed by atoms with Gasteiger partial charge in [-0.25, -0.2) is 0 Å². The second-order valence-electron chi connectivity index (χ2n) is 6.22. The maximum atomic E-state index is 3.64. The molecule has 17 heavy (non-hydrogen) atoms. The largest absolute Gasteiger partial charge is 0.313 e. The van der Waals surface area contributed by atoms with Crippen LogP contribution in [0.15, 0.2) is 0 Å². The molecule has 0 bridgehead atoms. The van der Waals surface area contributed by atoms with Gasteiger partial charge in [0.15, 0.2) is 0 Å². The summed E-state index contributed by atoms with van der Waals surface area (Å²) in [5, 5.41) is 3.64. The molecule has 3 nitrogen and oxygen atoms in total. The molecule has 3 saturated heterocycles. The summed E-state index contributed by atoms with van der Waals surface area (Å²) < 4.78 is 0. The first-order valence-corrected chi connectivity index (χ1v) is 7.54. The van der Waals surface area contributed by atoms with Crippen molar-refractivity contribution in [3.05, 3.63) is 0 Å². The van der Waals surface area contributed by atoms with E-state index in [-0.39, 0.29) is 0 Å². The van der Waals surface area contributed by atoms with Crippen molar-refractivity contribution >= 4 is 0 Å². The van der Waals surface area contributed by atoms with Gasteiger partial charge in [0.2, 0.25) is 0 Å². The highest BCUT2D eigenvalue weighted by molar-refractivity contribution is 4.91. The van der Waals surface area contributed by atoms with Crippen molar-refractivity contribution in [3.63, 3.8) is 0 Å².